The van der Waals surface area contributed by atoms with Crippen molar-refractivity contribution in [1.29, 1.82) is 0 Å². The second-order valence-corrected chi connectivity index (χ2v) is 13.3. The summed E-state index contributed by atoms with van der Waals surface area (Å²) in [5.74, 6) is -1.72. The van der Waals surface area contributed by atoms with Crippen LogP contribution in [0.2, 0.25) is 0 Å². The fourth-order valence-corrected chi connectivity index (χ4v) is 5.99. The molecule has 0 saturated heterocycles. The van der Waals surface area contributed by atoms with Crippen molar-refractivity contribution in [3.05, 3.63) is 89.3 Å². The number of aliphatic hydroxyl groups excluding tert-OH is 2. The van der Waals surface area contributed by atoms with Crippen LogP contribution >= 0.6 is 0 Å². The van der Waals surface area contributed by atoms with Crippen LogP contribution in [-0.2, 0) is 14.3 Å². The molecule has 0 aliphatic heterocycles. The molecular weight excluding hydrogens is 550 g/mol. The predicted octanol–water partition coefficient (Wildman–Crippen LogP) is 7.53. The Morgan fingerprint density at radius 1 is 1.11 bits per heavy atom. The van der Waals surface area contributed by atoms with Gasteiger partial charge in [0.25, 0.3) is 0 Å². The smallest absolute Gasteiger partial charge is 0.309 e. The van der Waals surface area contributed by atoms with Crippen LogP contribution in [-0.4, -0.2) is 45.3 Å². The van der Waals surface area contributed by atoms with Crippen molar-refractivity contribution in [2.45, 2.75) is 98.9 Å². The molecule has 0 spiro atoms. The number of rotatable bonds is 15. The Morgan fingerprint density at radius 2 is 1.80 bits per heavy atom. The van der Waals surface area contributed by atoms with Crippen LogP contribution in [0.4, 0.5) is 0 Å². The molecule has 0 amide bonds. The molecule has 6 nitrogen and oxygen atoms in total. The minimum Gasteiger partial charge on any atom is -0.457 e. The highest BCUT2D eigenvalue weighted by atomic mass is 16.5. The largest absolute Gasteiger partial charge is 0.457 e. The van der Waals surface area contributed by atoms with Crippen LogP contribution < -0.4 is 0 Å². The molecule has 1 aromatic heterocycles. The Balaban J connectivity index is 1.72. The average molecular weight is 602 g/mol. The molecule has 6 atom stereocenters. The lowest BCUT2D eigenvalue weighted by Crippen LogP contribution is -2.45. The molecule has 0 saturated carbocycles. The molecule has 3 rings (SSSR count). The number of benzene rings is 1. The van der Waals surface area contributed by atoms with E-state index in [4.69, 9.17) is 4.74 Å². The summed E-state index contributed by atoms with van der Waals surface area (Å²) in [6, 6.07) is 14.0. The van der Waals surface area contributed by atoms with Gasteiger partial charge in [-0.2, -0.15) is 0 Å². The van der Waals surface area contributed by atoms with Gasteiger partial charge in [-0.3, -0.25) is 14.6 Å². The molecule has 2 aromatic rings. The van der Waals surface area contributed by atoms with Crippen molar-refractivity contribution >= 4 is 23.4 Å². The van der Waals surface area contributed by atoms with Crippen molar-refractivity contribution in [3.8, 4) is 0 Å². The number of allylic oxidation sites excluding steroid dienone is 2. The molecule has 6 heteroatoms. The maximum Gasteiger partial charge on any atom is 0.309 e. The molecule has 0 bridgehead atoms. The van der Waals surface area contributed by atoms with Crippen molar-refractivity contribution in [1.82, 2.24) is 4.98 Å². The third-order valence-electron chi connectivity index (χ3n) is 9.15. The van der Waals surface area contributed by atoms with E-state index >= 15 is 0 Å². The lowest BCUT2D eigenvalue weighted by molar-refractivity contribution is -0.155. The number of aryl methyl sites for hydroxylation is 1. The van der Waals surface area contributed by atoms with Gasteiger partial charge in [0, 0.05) is 18.0 Å². The zero-order valence-electron chi connectivity index (χ0n) is 27.5. The first-order valence-corrected chi connectivity index (χ1v) is 15.8. The summed E-state index contributed by atoms with van der Waals surface area (Å²) in [6.45, 7) is 16.8. The van der Waals surface area contributed by atoms with Crippen molar-refractivity contribution in [3.63, 3.8) is 0 Å². The highest BCUT2D eigenvalue weighted by Crippen LogP contribution is 2.41. The first-order chi connectivity index (χ1) is 20.7. The third-order valence-corrected chi connectivity index (χ3v) is 9.15. The van der Waals surface area contributed by atoms with Crippen LogP contribution in [0, 0.1) is 30.1 Å². The lowest BCUT2D eigenvalue weighted by atomic mass is 9.73. The number of ether oxygens (including phenoxy) is 1. The summed E-state index contributed by atoms with van der Waals surface area (Å²) in [6.07, 6.45) is 6.19. The molecule has 44 heavy (non-hydrogen) atoms. The van der Waals surface area contributed by atoms with Gasteiger partial charge in [0.15, 0.2) is 0 Å². The van der Waals surface area contributed by atoms with Gasteiger partial charge in [-0.05, 0) is 80.7 Å². The first kappa shape index (κ1) is 35.1. The van der Waals surface area contributed by atoms with Gasteiger partial charge < -0.3 is 14.9 Å². The summed E-state index contributed by atoms with van der Waals surface area (Å²) in [4.78, 5) is 31.4. The van der Waals surface area contributed by atoms with E-state index in [0.29, 0.717) is 6.42 Å². The Morgan fingerprint density at radius 3 is 2.41 bits per heavy atom. The van der Waals surface area contributed by atoms with Crippen LogP contribution in [0.25, 0.3) is 11.6 Å². The van der Waals surface area contributed by atoms with Gasteiger partial charge in [0.05, 0.1) is 29.7 Å². The average Bonchev–Trinajstić information content (AvgIpc) is 3.29. The van der Waals surface area contributed by atoms with E-state index in [2.05, 4.69) is 17.6 Å². The number of pyridine rings is 1. The Bertz CT molecular complexity index is 1340. The first-order valence-electron chi connectivity index (χ1n) is 15.8. The number of hydrogen-bond acceptors (Lipinski definition) is 6. The zero-order chi connectivity index (χ0) is 32.6. The lowest BCUT2D eigenvalue weighted by Gasteiger charge is -2.34. The quantitative estimate of drug-likeness (QED) is 0.162. The van der Waals surface area contributed by atoms with Gasteiger partial charge in [0.2, 0.25) is 0 Å². The van der Waals surface area contributed by atoms with E-state index in [9.17, 15) is 19.8 Å². The molecule has 0 fully saturated rings. The van der Waals surface area contributed by atoms with E-state index in [1.807, 2.05) is 82.4 Å². The van der Waals surface area contributed by atoms with Gasteiger partial charge in [0.1, 0.15) is 11.9 Å². The molecule has 238 valence electrons. The monoisotopic (exact) mass is 601 g/mol. The molecule has 2 N–H and O–H groups in total. The van der Waals surface area contributed by atoms with Gasteiger partial charge in [-0.15, -0.1) is 6.58 Å². The molecule has 1 aliphatic rings. The minimum atomic E-state index is -1.27. The Labute approximate surface area is 264 Å². The molecule has 1 heterocycles. The van der Waals surface area contributed by atoms with Crippen molar-refractivity contribution in [2.24, 2.45) is 23.2 Å². The van der Waals surface area contributed by atoms with Gasteiger partial charge in [-0.1, -0.05) is 81.8 Å². The van der Waals surface area contributed by atoms with E-state index in [1.165, 1.54) is 0 Å². The summed E-state index contributed by atoms with van der Waals surface area (Å²) >= 11 is 0. The minimum absolute atomic E-state index is 0.0820. The fraction of sp³-hybridized carbons (Fsp3) is 0.500. The number of Topliss-reactive ketones (excluding diaryl/α,β-unsaturated/α-hetero) is 1. The van der Waals surface area contributed by atoms with Crippen LogP contribution in [0.5, 0.6) is 0 Å². The maximum absolute atomic E-state index is 13.5. The maximum atomic E-state index is 13.5. The zero-order valence-corrected chi connectivity index (χ0v) is 27.5. The van der Waals surface area contributed by atoms with Crippen molar-refractivity contribution < 1.29 is 24.5 Å². The van der Waals surface area contributed by atoms with Crippen LogP contribution in [0.15, 0.2) is 72.5 Å². The number of ketones is 1. The SMILES string of the molecule is C=C(C)CCCC(C)C(O)C(C)C(=O)C(C)(C)C(O)CC(=O)OC1C(C)=C(c2ccc(C)cn2)CC1/C=C/c1ccccc1. The second kappa shape index (κ2) is 15.6. The van der Waals surface area contributed by atoms with Crippen molar-refractivity contribution in [2.75, 3.05) is 0 Å². The summed E-state index contributed by atoms with van der Waals surface area (Å²) < 4.78 is 6.05. The standard InChI is InChI=1S/C38H51NO5/c1-24(2)13-12-14-26(4)35(42)28(6)37(43)38(7,8)33(40)22-34(41)44-36-27(5)31(32-20-17-25(3)23-39-32)21-30(36)19-18-29-15-10-9-11-16-29/h9-11,15-20,23,26,28,30,33,35-36,40,42H,1,12-14,21-22H2,2-8H3/b19-18+. The molecular formula is C38H51NO5. The molecule has 0 radical (unpaired) electrons. The highest BCUT2D eigenvalue weighted by molar-refractivity contribution is 5.88. The number of nitrogens with zero attached hydrogens (tertiary/aromatic N) is 1. The van der Waals surface area contributed by atoms with Gasteiger partial charge in [-0.25, -0.2) is 0 Å². The topological polar surface area (TPSA) is 96.7 Å². The highest BCUT2D eigenvalue weighted by Gasteiger charge is 2.43. The molecule has 6 unspecified atom stereocenters. The number of carbonyl (C=O) groups excluding carboxylic acids is 2. The van der Waals surface area contributed by atoms with E-state index in [1.54, 1.807) is 20.8 Å². The number of esters is 1. The molecule has 1 aliphatic carbocycles. The van der Waals surface area contributed by atoms with E-state index in [0.717, 1.165) is 52.8 Å². The van der Waals surface area contributed by atoms with Crippen LogP contribution in [0.1, 0.15) is 90.5 Å². The van der Waals surface area contributed by atoms with Gasteiger partial charge >= 0.3 is 5.97 Å². The third kappa shape index (κ3) is 9.09. The normalized spacial score (nSPS) is 19.9. The van der Waals surface area contributed by atoms with E-state index < -0.39 is 35.6 Å². The summed E-state index contributed by atoms with van der Waals surface area (Å²) in [5, 5.41) is 22.1. The van der Waals surface area contributed by atoms with E-state index in [-0.39, 0.29) is 24.0 Å². The molecule has 1 aromatic carbocycles. The van der Waals surface area contributed by atoms with Crippen LogP contribution in [0.3, 0.4) is 0 Å². The number of hydrogen-bond donors (Lipinski definition) is 2. The number of carbonyl (C=O) groups is 2. The summed E-state index contributed by atoms with van der Waals surface area (Å²) in [5.41, 5.74) is 4.80. The summed E-state index contributed by atoms with van der Waals surface area (Å²) in [7, 11) is 0. The Kier molecular flexibility index (Phi) is 12.4. The second-order valence-electron chi connectivity index (χ2n) is 13.3. The predicted molar refractivity (Wildman–Crippen MR) is 177 cm³/mol. The Hall–Kier alpha value is -3.35. The number of aromatic nitrogens is 1. The number of aliphatic hydroxyl groups is 2. The fourth-order valence-electron chi connectivity index (χ4n) is 5.99.